The van der Waals surface area contributed by atoms with Gasteiger partial charge in [-0.15, -0.1) is 0 Å². The van der Waals surface area contributed by atoms with E-state index in [0.29, 0.717) is 35.7 Å². The highest BCUT2D eigenvalue weighted by Crippen LogP contribution is 2.56. The van der Waals surface area contributed by atoms with Gasteiger partial charge in [-0.2, -0.15) is 0 Å². The van der Waals surface area contributed by atoms with Crippen LogP contribution in [0, 0.1) is 5.92 Å². The van der Waals surface area contributed by atoms with Crippen LogP contribution in [-0.2, 0) is 10.3 Å². The van der Waals surface area contributed by atoms with Crippen molar-refractivity contribution in [3.63, 3.8) is 0 Å². The van der Waals surface area contributed by atoms with Crippen LogP contribution in [0.2, 0.25) is 5.02 Å². The quantitative estimate of drug-likeness (QED) is 0.863. The fourth-order valence-electron chi connectivity index (χ4n) is 3.19. The molecule has 7 nitrogen and oxygen atoms in total. The van der Waals surface area contributed by atoms with Gasteiger partial charge in [0.25, 0.3) is 0 Å². The van der Waals surface area contributed by atoms with Crippen LogP contribution in [0.3, 0.4) is 0 Å². The van der Waals surface area contributed by atoms with Gasteiger partial charge >= 0.3 is 6.09 Å². The maximum atomic E-state index is 12.1. The first-order valence-electron chi connectivity index (χ1n) is 8.18. The minimum absolute atomic E-state index is 0.169. The number of rotatable bonds is 3. The Morgan fingerprint density at radius 3 is 3.08 bits per heavy atom. The number of ether oxygens (including phenoxy) is 2. The number of amidine groups is 1. The van der Waals surface area contributed by atoms with Gasteiger partial charge in [-0.1, -0.05) is 23.7 Å². The van der Waals surface area contributed by atoms with Crippen LogP contribution in [0.1, 0.15) is 12.0 Å². The maximum absolute atomic E-state index is 12.1. The molecule has 2 unspecified atom stereocenters. The summed E-state index contributed by atoms with van der Waals surface area (Å²) in [7, 11) is 0. The highest BCUT2D eigenvalue weighted by atomic mass is 35.5. The van der Waals surface area contributed by atoms with Crippen LogP contribution in [0.25, 0.3) is 0 Å². The van der Waals surface area contributed by atoms with Gasteiger partial charge in [0, 0.05) is 23.9 Å². The first kappa shape index (κ1) is 16.8. The number of benzene rings is 1. The number of nitrogens with zero attached hydrogens (tertiary/aromatic N) is 2. The van der Waals surface area contributed by atoms with Crippen molar-refractivity contribution in [2.45, 2.75) is 12.0 Å². The Bertz CT molecular complexity index is 871. The number of aliphatic imine (C=N–C) groups is 1. The molecule has 26 heavy (non-hydrogen) atoms. The van der Waals surface area contributed by atoms with Gasteiger partial charge in [-0.3, -0.25) is 10.3 Å². The van der Waals surface area contributed by atoms with E-state index in [0.717, 1.165) is 12.0 Å². The number of nitrogens with two attached hydrogens (primary N) is 1. The van der Waals surface area contributed by atoms with Crippen LogP contribution in [0.5, 0.6) is 5.88 Å². The molecule has 1 aromatic carbocycles. The zero-order chi connectivity index (χ0) is 18.1. The predicted octanol–water partition coefficient (Wildman–Crippen LogP) is 2.95. The Labute approximate surface area is 155 Å². The highest BCUT2D eigenvalue weighted by Gasteiger charge is 2.56. The molecule has 0 radical (unpaired) electrons. The third-order valence-electron chi connectivity index (χ3n) is 4.49. The molecule has 1 fully saturated rings. The number of aromatic nitrogens is 1. The minimum Gasteiger partial charge on any atom is -0.391 e. The molecule has 1 aliphatic heterocycles. The van der Waals surface area contributed by atoms with Crippen LogP contribution in [0.15, 0.2) is 47.6 Å². The number of hydrogen-bond acceptors (Lipinski definition) is 6. The lowest BCUT2D eigenvalue weighted by atomic mass is 10.0. The second-order valence-corrected chi connectivity index (χ2v) is 6.79. The Hall–Kier alpha value is -2.64. The lowest BCUT2D eigenvalue weighted by molar-refractivity contribution is 0.159. The summed E-state index contributed by atoms with van der Waals surface area (Å²) in [5, 5.41) is 3.17. The number of hydrogen-bond donors (Lipinski definition) is 2. The van der Waals surface area contributed by atoms with E-state index in [2.05, 4.69) is 15.3 Å². The molecule has 1 aromatic heterocycles. The highest BCUT2D eigenvalue weighted by molar-refractivity contribution is 6.30. The van der Waals surface area contributed by atoms with E-state index in [9.17, 15) is 4.79 Å². The molecule has 134 valence electrons. The third-order valence-corrected chi connectivity index (χ3v) is 4.71. The molecular weight excluding hydrogens is 356 g/mol. The number of anilines is 1. The van der Waals surface area contributed by atoms with Crippen LogP contribution in [-0.4, -0.2) is 30.1 Å². The third kappa shape index (κ3) is 3.36. The smallest absolute Gasteiger partial charge is 0.391 e. The van der Waals surface area contributed by atoms with Crippen molar-refractivity contribution in [2.24, 2.45) is 16.6 Å². The SMILES string of the molecule is NC1=NC2(c3cccc(NC(=O)Oc4ccc(Cl)cn4)c3)CC2COC1. The van der Waals surface area contributed by atoms with Gasteiger partial charge < -0.3 is 15.2 Å². The Morgan fingerprint density at radius 1 is 1.38 bits per heavy atom. The fourth-order valence-corrected chi connectivity index (χ4v) is 3.30. The van der Waals surface area contributed by atoms with E-state index in [1.54, 1.807) is 12.1 Å². The predicted molar refractivity (Wildman–Crippen MR) is 97.6 cm³/mol. The Morgan fingerprint density at radius 2 is 2.27 bits per heavy atom. The minimum atomic E-state index is -0.631. The molecule has 4 rings (SSSR count). The molecule has 0 spiro atoms. The van der Waals surface area contributed by atoms with Crippen molar-refractivity contribution in [2.75, 3.05) is 18.5 Å². The summed E-state index contributed by atoms with van der Waals surface area (Å²) in [5.41, 5.74) is 7.17. The molecule has 2 heterocycles. The van der Waals surface area contributed by atoms with Crippen molar-refractivity contribution in [1.82, 2.24) is 4.98 Å². The summed E-state index contributed by atoms with van der Waals surface area (Å²) >= 11 is 5.76. The van der Waals surface area contributed by atoms with Crippen molar-refractivity contribution in [1.29, 1.82) is 0 Å². The molecule has 3 N–H and O–H groups in total. The van der Waals surface area contributed by atoms with E-state index in [4.69, 9.17) is 26.8 Å². The summed E-state index contributed by atoms with van der Waals surface area (Å²) in [6.07, 6.45) is 1.67. The number of nitrogens with one attached hydrogen (secondary N) is 1. The maximum Gasteiger partial charge on any atom is 0.418 e. The molecule has 0 saturated heterocycles. The Balaban J connectivity index is 1.49. The zero-order valence-corrected chi connectivity index (χ0v) is 14.6. The van der Waals surface area contributed by atoms with Gasteiger partial charge in [0.05, 0.1) is 17.2 Å². The summed E-state index contributed by atoms with van der Waals surface area (Å²) < 4.78 is 10.7. The second-order valence-electron chi connectivity index (χ2n) is 6.35. The van der Waals surface area contributed by atoms with Crippen LogP contribution >= 0.6 is 11.6 Å². The van der Waals surface area contributed by atoms with Crippen LogP contribution < -0.4 is 15.8 Å². The second kappa shape index (κ2) is 6.59. The number of fused-ring (bicyclic) bond motifs is 1. The normalized spacial score (nSPS) is 24.0. The molecular formula is C18H17ClN4O3. The van der Waals surface area contributed by atoms with E-state index in [1.807, 2.05) is 18.2 Å². The fraction of sp³-hybridized carbons (Fsp3) is 0.278. The van der Waals surface area contributed by atoms with Crippen molar-refractivity contribution < 1.29 is 14.3 Å². The number of carbonyl (C=O) groups excluding carboxylic acids is 1. The first-order chi connectivity index (χ1) is 12.5. The van der Waals surface area contributed by atoms with E-state index in [-0.39, 0.29) is 11.4 Å². The molecule has 2 aromatic rings. The standard InChI is InChI=1S/C18H17ClN4O3/c19-13-4-5-16(21-8-13)26-17(24)22-14-3-1-2-11(6-14)18-7-12(18)9-25-10-15(20)23-18/h1-6,8,12H,7,9-10H2,(H2,20,23)(H,22,24). The van der Waals surface area contributed by atoms with Crippen molar-refractivity contribution in [3.05, 3.63) is 53.2 Å². The monoisotopic (exact) mass is 372 g/mol. The average Bonchev–Trinajstić information content (AvgIpc) is 3.32. The molecule has 8 heteroatoms. The molecule has 1 amide bonds. The summed E-state index contributed by atoms with van der Waals surface area (Å²) in [4.78, 5) is 20.7. The van der Waals surface area contributed by atoms with Crippen molar-refractivity contribution >= 4 is 29.2 Å². The van der Waals surface area contributed by atoms with Crippen molar-refractivity contribution in [3.8, 4) is 5.88 Å². The van der Waals surface area contributed by atoms with E-state index in [1.165, 1.54) is 12.3 Å². The molecule has 1 aliphatic carbocycles. The van der Waals surface area contributed by atoms with Gasteiger partial charge in [-0.25, -0.2) is 9.78 Å². The molecule has 0 bridgehead atoms. The summed E-state index contributed by atoms with van der Waals surface area (Å²) in [6, 6.07) is 10.6. The van der Waals surface area contributed by atoms with Gasteiger partial charge in [0.1, 0.15) is 12.4 Å². The van der Waals surface area contributed by atoms with Crippen LogP contribution in [0.4, 0.5) is 10.5 Å². The number of halogens is 1. The van der Waals surface area contributed by atoms with Gasteiger partial charge in [0.2, 0.25) is 5.88 Å². The topological polar surface area (TPSA) is 98.8 Å². The number of amides is 1. The lowest BCUT2D eigenvalue weighted by Gasteiger charge is -2.14. The van der Waals surface area contributed by atoms with E-state index < -0.39 is 6.09 Å². The summed E-state index contributed by atoms with van der Waals surface area (Å²) in [6.45, 7) is 0.989. The number of pyridine rings is 1. The first-order valence-corrected chi connectivity index (χ1v) is 8.56. The average molecular weight is 373 g/mol. The Kier molecular flexibility index (Phi) is 4.26. The number of carbonyl (C=O) groups is 1. The lowest BCUT2D eigenvalue weighted by Crippen LogP contribution is -2.20. The largest absolute Gasteiger partial charge is 0.418 e. The molecule has 2 atom stereocenters. The van der Waals surface area contributed by atoms with Gasteiger partial charge in [-0.05, 0) is 30.2 Å². The molecule has 2 aliphatic rings. The van der Waals surface area contributed by atoms with Gasteiger partial charge in [0.15, 0.2) is 0 Å². The van der Waals surface area contributed by atoms with E-state index >= 15 is 0 Å². The molecule has 1 saturated carbocycles. The summed E-state index contributed by atoms with van der Waals surface area (Å²) in [5.74, 6) is 0.975. The zero-order valence-electron chi connectivity index (χ0n) is 13.8.